The van der Waals surface area contributed by atoms with Crippen molar-refractivity contribution in [1.82, 2.24) is 20.2 Å². The number of aromatic nitrogens is 4. The first-order valence-corrected chi connectivity index (χ1v) is 6.88. The number of fused-ring (bicyclic) bond motifs is 1. The van der Waals surface area contributed by atoms with Crippen LogP contribution >= 0.6 is 11.3 Å². The van der Waals surface area contributed by atoms with Crippen molar-refractivity contribution in [2.24, 2.45) is 0 Å². The van der Waals surface area contributed by atoms with Crippen LogP contribution in [0, 0.1) is 0 Å². The summed E-state index contributed by atoms with van der Waals surface area (Å²) in [5.41, 5.74) is -0.355. The van der Waals surface area contributed by atoms with Gasteiger partial charge in [-0.15, -0.1) is 16.4 Å². The number of thiophene rings is 1. The highest BCUT2D eigenvalue weighted by atomic mass is 32.1. The topological polar surface area (TPSA) is 80.9 Å². The molecule has 0 atom stereocenters. The van der Waals surface area contributed by atoms with E-state index in [1.807, 2.05) is 29.6 Å². The van der Waals surface area contributed by atoms with Crippen molar-refractivity contribution in [3.05, 3.63) is 29.6 Å². The minimum Gasteiger partial charge on any atom is -0.479 e. The molecule has 7 heteroatoms. The van der Waals surface area contributed by atoms with Crippen LogP contribution in [0.4, 0.5) is 0 Å². The lowest BCUT2D eigenvalue weighted by atomic mass is 10.1. The Balaban J connectivity index is 2.22. The van der Waals surface area contributed by atoms with Crippen LogP contribution in [0.1, 0.15) is 13.8 Å². The van der Waals surface area contributed by atoms with E-state index in [0.29, 0.717) is 5.82 Å². The second kappa shape index (κ2) is 4.38. The van der Waals surface area contributed by atoms with Crippen LogP contribution in [0.15, 0.2) is 29.6 Å². The Morgan fingerprint density at radius 1 is 1.35 bits per heavy atom. The number of carboxylic acid groups (broad SMARTS) is 1. The van der Waals surface area contributed by atoms with Gasteiger partial charge in [0.15, 0.2) is 11.4 Å². The molecule has 0 aliphatic rings. The molecule has 0 aliphatic carbocycles. The Bertz CT molecular complexity index is 790. The van der Waals surface area contributed by atoms with E-state index in [1.54, 1.807) is 25.2 Å². The summed E-state index contributed by atoms with van der Waals surface area (Å²) in [5, 5.41) is 23.8. The molecule has 0 bridgehead atoms. The van der Waals surface area contributed by atoms with Gasteiger partial charge in [0.2, 0.25) is 0 Å². The van der Waals surface area contributed by atoms with Crippen LogP contribution in [0.5, 0.6) is 0 Å². The average Bonchev–Trinajstić information content (AvgIpc) is 3.04. The Morgan fingerprint density at radius 2 is 2.10 bits per heavy atom. The van der Waals surface area contributed by atoms with E-state index in [0.717, 1.165) is 15.6 Å². The van der Waals surface area contributed by atoms with Crippen molar-refractivity contribution in [2.45, 2.75) is 19.4 Å². The zero-order chi connectivity index (χ0) is 14.3. The highest BCUT2D eigenvalue weighted by Crippen LogP contribution is 2.33. The quantitative estimate of drug-likeness (QED) is 0.800. The average molecular weight is 288 g/mol. The first-order chi connectivity index (χ1) is 9.51. The number of carbonyl (C=O) groups is 1. The molecule has 1 N–H and O–H groups in total. The molecule has 102 valence electrons. The number of hydrogen-bond acceptors (Lipinski definition) is 5. The van der Waals surface area contributed by atoms with E-state index in [1.165, 1.54) is 4.68 Å². The standard InChI is InChI=1S/C13H12N4O2S/c1-13(2,12(18)19)17-11(14-15-16-17)9-7-20-10-6-4-3-5-8(9)10/h3-7H,1-2H3,(H,18,19). The number of hydrogen-bond donors (Lipinski definition) is 1. The van der Waals surface area contributed by atoms with Crippen molar-refractivity contribution in [3.8, 4) is 11.4 Å². The first-order valence-electron chi connectivity index (χ1n) is 6.00. The fourth-order valence-corrected chi connectivity index (χ4v) is 2.91. The van der Waals surface area contributed by atoms with E-state index in [2.05, 4.69) is 15.5 Å². The summed E-state index contributed by atoms with van der Waals surface area (Å²) in [6.07, 6.45) is 0. The van der Waals surface area contributed by atoms with Gasteiger partial charge in [0.1, 0.15) is 0 Å². The Morgan fingerprint density at radius 3 is 2.85 bits per heavy atom. The second-order valence-corrected chi connectivity index (χ2v) is 5.84. The zero-order valence-corrected chi connectivity index (χ0v) is 11.8. The SMILES string of the molecule is CC(C)(C(=O)O)n1nnnc1-c1csc2ccccc12. The van der Waals surface area contributed by atoms with Gasteiger partial charge in [-0.1, -0.05) is 18.2 Å². The molecule has 2 aromatic heterocycles. The third kappa shape index (κ3) is 1.78. The molecule has 6 nitrogen and oxygen atoms in total. The van der Waals surface area contributed by atoms with Crippen molar-refractivity contribution < 1.29 is 9.90 Å². The van der Waals surface area contributed by atoms with Crippen LogP contribution in [-0.2, 0) is 10.3 Å². The molecular formula is C13H12N4O2S. The predicted octanol–water partition coefficient (Wildman–Crippen LogP) is 2.37. The summed E-state index contributed by atoms with van der Waals surface area (Å²) in [7, 11) is 0. The van der Waals surface area contributed by atoms with E-state index >= 15 is 0 Å². The van der Waals surface area contributed by atoms with Gasteiger partial charge >= 0.3 is 5.97 Å². The molecular weight excluding hydrogens is 276 g/mol. The van der Waals surface area contributed by atoms with Gasteiger partial charge in [0, 0.05) is 21.0 Å². The minimum atomic E-state index is -1.21. The van der Waals surface area contributed by atoms with Crippen LogP contribution in [0.2, 0.25) is 0 Å². The normalized spacial score (nSPS) is 11.9. The molecule has 0 spiro atoms. The number of benzene rings is 1. The van der Waals surface area contributed by atoms with E-state index in [-0.39, 0.29) is 0 Å². The number of rotatable bonds is 3. The predicted molar refractivity (Wildman–Crippen MR) is 75.6 cm³/mol. The third-order valence-electron chi connectivity index (χ3n) is 3.24. The van der Waals surface area contributed by atoms with Crippen molar-refractivity contribution in [1.29, 1.82) is 0 Å². The molecule has 3 rings (SSSR count). The summed E-state index contributed by atoms with van der Waals surface area (Å²) in [4.78, 5) is 11.4. The first kappa shape index (κ1) is 12.7. The van der Waals surface area contributed by atoms with E-state index < -0.39 is 11.5 Å². The molecule has 0 unspecified atom stereocenters. The maximum Gasteiger partial charge on any atom is 0.331 e. The summed E-state index contributed by atoms with van der Waals surface area (Å²) in [6.45, 7) is 3.15. The highest BCUT2D eigenvalue weighted by molar-refractivity contribution is 7.17. The molecule has 0 saturated heterocycles. The molecule has 0 aliphatic heterocycles. The van der Waals surface area contributed by atoms with Crippen molar-refractivity contribution in [2.75, 3.05) is 0 Å². The van der Waals surface area contributed by atoms with Gasteiger partial charge in [-0.05, 0) is 30.3 Å². The van der Waals surface area contributed by atoms with E-state index in [4.69, 9.17) is 0 Å². The summed E-state index contributed by atoms with van der Waals surface area (Å²) in [6, 6.07) is 7.90. The fourth-order valence-electron chi connectivity index (χ4n) is 1.97. The lowest BCUT2D eigenvalue weighted by Gasteiger charge is -2.20. The monoisotopic (exact) mass is 288 g/mol. The maximum atomic E-state index is 11.4. The zero-order valence-electron chi connectivity index (χ0n) is 10.9. The number of nitrogens with zero attached hydrogens (tertiary/aromatic N) is 4. The number of carboxylic acids is 1. The Labute approximate surface area is 118 Å². The van der Waals surface area contributed by atoms with Gasteiger partial charge in [-0.3, -0.25) is 0 Å². The van der Waals surface area contributed by atoms with Gasteiger partial charge in [0.05, 0.1) is 0 Å². The molecule has 2 heterocycles. The summed E-state index contributed by atoms with van der Waals surface area (Å²) < 4.78 is 2.47. The molecule has 20 heavy (non-hydrogen) atoms. The maximum absolute atomic E-state index is 11.4. The third-order valence-corrected chi connectivity index (χ3v) is 4.21. The van der Waals surface area contributed by atoms with Crippen LogP contribution in [-0.4, -0.2) is 31.3 Å². The molecule has 0 radical (unpaired) electrons. The minimum absolute atomic E-state index is 0.467. The summed E-state index contributed by atoms with van der Waals surface area (Å²) >= 11 is 1.58. The second-order valence-electron chi connectivity index (χ2n) is 4.92. The smallest absolute Gasteiger partial charge is 0.331 e. The van der Waals surface area contributed by atoms with Crippen LogP contribution < -0.4 is 0 Å². The molecule has 0 fully saturated rings. The van der Waals surface area contributed by atoms with Gasteiger partial charge in [-0.25, -0.2) is 9.48 Å². The summed E-state index contributed by atoms with van der Waals surface area (Å²) in [5.74, 6) is -0.513. The highest BCUT2D eigenvalue weighted by Gasteiger charge is 2.34. The molecule has 3 aromatic rings. The molecule has 0 saturated carbocycles. The lowest BCUT2D eigenvalue weighted by molar-refractivity contribution is -0.146. The Kier molecular flexibility index (Phi) is 2.79. The van der Waals surface area contributed by atoms with Crippen LogP contribution in [0.25, 0.3) is 21.5 Å². The van der Waals surface area contributed by atoms with Crippen molar-refractivity contribution >= 4 is 27.4 Å². The molecule has 0 amide bonds. The van der Waals surface area contributed by atoms with Gasteiger partial charge in [0.25, 0.3) is 0 Å². The largest absolute Gasteiger partial charge is 0.479 e. The fraction of sp³-hybridized carbons (Fsp3) is 0.231. The Hall–Kier alpha value is -2.28. The van der Waals surface area contributed by atoms with Gasteiger partial charge < -0.3 is 5.11 Å². The lowest BCUT2D eigenvalue weighted by Crippen LogP contribution is -2.37. The van der Waals surface area contributed by atoms with Crippen molar-refractivity contribution in [3.63, 3.8) is 0 Å². The van der Waals surface area contributed by atoms with E-state index in [9.17, 15) is 9.90 Å². The number of tetrazole rings is 1. The van der Waals surface area contributed by atoms with Crippen LogP contribution in [0.3, 0.4) is 0 Å². The molecule has 1 aromatic carbocycles. The van der Waals surface area contributed by atoms with Gasteiger partial charge in [-0.2, -0.15) is 0 Å². The number of aliphatic carboxylic acids is 1.